The Morgan fingerprint density at radius 1 is 1.33 bits per heavy atom. The Hall–Kier alpha value is -1.19. The third-order valence-corrected chi connectivity index (χ3v) is 1.24. The molecule has 0 N–H and O–H groups in total. The molecule has 0 spiro atoms. The summed E-state index contributed by atoms with van der Waals surface area (Å²) in [5.41, 5.74) is 0.0353. The maximum Gasteiger partial charge on any atom is 0.387 e. The second-order valence-electron chi connectivity index (χ2n) is 2.13. The van der Waals surface area contributed by atoms with Crippen LogP contribution in [0.2, 0.25) is 0 Å². The summed E-state index contributed by atoms with van der Waals surface area (Å²) in [7, 11) is 0. The Labute approximate surface area is 67.8 Å². The maximum absolute atomic E-state index is 12.5. The molecule has 4 heteroatoms. The van der Waals surface area contributed by atoms with E-state index in [9.17, 15) is 13.2 Å². The standard InChI is InChI=1S/C8H6F3O/c1-5-4-6(12-8(10)11)2-3-7(5)9/h2-4,8H,1H2. The van der Waals surface area contributed by atoms with Crippen LogP contribution >= 0.6 is 0 Å². The summed E-state index contributed by atoms with van der Waals surface area (Å²) in [4.78, 5) is 0. The molecule has 0 saturated carbocycles. The molecule has 0 aromatic heterocycles. The van der Waals surface area contributed by atoms with E-state index in [1.54, 1.807) is 0 Å². The minimum atomic E-state index is -2.89. The predicted octanol–water partition coefficient (Wildman–Crippen LogP) is 2.61. The lowest BCUT2D eigenvalue weighted by Crippen LogP contribution is -2.02. The summed E-state index contributed by atoms with van der Waals surface area (Å²) >= 11 is 0. The lowest BCUT2D eigenvalue weighted by atomic mass is 10.2. The van der Waals surface area contributed by atoms with Crippen molar-refractivity contribution in [2.24, 2.45) is 0 Å². The first-order valence-corrected chi connectivity index (χ1v) is 3.16. The molecule has 1 nitrogen and oxygen atoms in total. The van der Waals surface area contributed by atoms with Crippen LogP contribution in [-0.4, -0.2) is 6.61 Å². The third kappa shape index (κ3) is 2.15. The number of benzene rings is 1. The molecule has 0 unspecified atom stereocenters. The van der Waals surface area contributed by atoms with E-state index >= 15 is 0 Å². The van der Waals surface area contributed by atoms with Gasteiger partial charge in [0.05, 0.1) is 0 Å². The second-order valence-corrected chi connectivity index (χ2v) is 2.13. The Balaban J connectivity index is 2.82. The van der Waals surface area contributed by atoms with Crippen molar-refractivity contribution in [2.45, 2.75) is 6.61 Å². The van der Waals surface area contributed by atoms with Gasteiger partial charge in [0.25, 0.3) is 0 Å². The molecule has 65 valence electrons. The molecule has 0 atom stereocenters. The largest absolute Gasteiger partial charge is 0.435 e. The maximum atomic E-state index is 12.5. The Morgan fingerprint density at radius 3 is 2.50 bits per heavy atom. The number of alkyl halides is 2. The fraction of sp³-hybridized carbons (Fsp3) is 0.125. The zero-order chi connectivity index (χ0) is 9.14. The Morgan fingerprint density at radius 2 is 2.00 bits per heavy atom. The van der Waals surface area contributed by atoms with Crippen molar-refractivity contribution in [3.05, 3.63) is 36.5 Å². The lowest BCUT2D eigenvalue weighted by molar-refractivity contribution is -0.0499. The molecule has 0 amide bonds. The van der Waals surface area contributed by atoms with Crippen LogP contribution in [0.25, 0.3) is 0 Å². The normalized spacial score (nSPS) is 10.4. The Bertz CT molecular complexity index is 273. The topological polar surface area (TPSA) is 9.23 Å². The van der Waals surface area contributed by atoms with E-state index in [-0.39, 0.29) is 11.3 Å². The van der Waals surface area contributed by atoms with E-state index in [0.29, 0.717) is 0 Å². The number of rotatable bonds is 2. The quantitative estimate of drug-likeness (QED) is 0.671. The molecular weight excluding hydrogens is 169 g/mol. The summed E-state index contributed by atoms with van der Waals surface area (Å²) in [6.45, 7) is 0.394. The minimum Gasteiger partial charge on any atom is -0.435 e. The van der Waals surface area contributed by atoms with E-state index < -0.39 is 12.4 Å². The molecule has 0 bridgehead atoms. The molecular formula is C8H6F3O. The van der Waals surface area contributed by atoms with Gasteiger partial charge in [0.15, 0.2) is 0 Å². The first-order valence-electron chi connectivity index (χ1n) is 3.16. The average Bonchev–Trinajstić information content (AvgIpc) is 1.96. The van der Waals surface area contributed by atoms with Crippen molar-refractivity contribution in [3.63, 3.8) is 0 Å². The first-order chi connectivity index (χ1) is 5.59. The van der Waals surface area contributed by atoms with Crippen molar-refractivity contribution in [3.8, 4) is 5.75 Å². The molecule has 12 heavy (non-hydrogen) atoms. The molecule has 1 aromatic carbocycles. The van der Waals surface area contributed by atoms with Crippen LogP contribution in [0.3, 0.4) is 0 Å². The summed E-state index contributed by atoms with van der Waals surface area (Å²) in [6.07, 6.45) is 0. The van der Waals surface area contributed by atoms with Crippen LogP contribution in [0.5, 0.6) is 5.75 Å². The second kappa shape index (κ2) is 3.47. The zero-order valence-electron chi connectivity index (χ0n) is 6.06. The highest BCUT2D eigenvalue weighted by Crippen LogP contribution is 2.17. The predicted molar refractivity (Wildman–Crippen MR) is 37.5 cm³/mol. The van der Waals surface area contributed by atoms with Gasteiger partial charge in [0.2, 0.25) is 0 Å². The van der Waals surface area contributed by atoms with E-state index in [1.165, 1.54) is 0 Å². The van der Waals surface area contributed by atoms with Gasteiger partial charge in [-0.1, -0.05) is 0 Å². The van der Waals surface area contributed by atoms with E-state index in [1.807, 2.05) is 0 Å². The van der Waals surface area contributed by atoms with Gasteiger partial charge in [-0.3, -0.25) is 0 Å². The summed E-state index contributed by atoms with van der Waals surface area (Å²) in [5.74, 6) is -0.631. The fourth-order valence-corrected chi connectivity index (χ4v) is 0.727. The first kappa shape index (κ1) is 8.90. The van der Waals surface area contributed by atoms with Crippen molar-refractivity contribution in [1.29, 1.82) is 0 Å². The van der Waals surface area contributed by atoms with Crippen LogP contribution < -0.4 is 4.74 Å². The van der Waals surface area contributed by atoms with Crippen LogP contribution in [-0.2, 0) is 0 Å². The van der Waals surface area contributed by atoms with E-state index in [0.717, 1.165) is 18.2 Å². The molecule has 1 rings (SSSR count). The number of ether oxygens (including phenoxy) is 1. The van der Waals surface area contributed by atoms with Gasteiger partial charge < -0.3 is 4.74 Å². The van der Waals surface area contributed by atoms with Crippen molar-refractivity contribution in [1.82, 2.24) is 0 Å². The molecule has 1 aromatic rings. The SMILES string of the molecule is [CH2]c1cc(OC(F)F)ccc1F. The van der Waals surface area contributed by atoms with Crippen LogP contribution in [0.1, 0.15) is 5.56 Å². The summed E-state index contributed by atoms with van der Waals surface area (Å²) in [5, 5.41) is 0. The van der Waals surface area contributed by atoms with Gasteiger partial charge in [0.1, 0.15) is 11.6 Å². The van der Waals surface area contributed by atoms with Crippen LogP contribution in [0.15, 0.2) is 18.2 Å². The zero-order valence-corrected chi connectivity index (χ0v) is 6.06. The fourth-order valence-electron chi connectivity index (χ4n) is 0.727. The summed E-state index contributed by atoms with van der Waals surface area (Å²) in [6, 6.07) is 3.26. The highest BCUT2D eigenvalue weighted by atomic mass is 19.3. The van der Waals surface area contributed by atoms with Crippen molar-refractivity contribution >= 4 is 0 Å². The number of halogens is 3. The molecule has 0 fully saturated rings. The van der Waals surface area contributed by atoms with Crippen LogP contribution in [0, 0.1) is 12.7 Å². The highest BCUT2D eigenvalue weighted by Gasteiger charge is 2.05. The lowest BCUT2D eigenvalue weighted by Gasteiger charge is -2.04. The monoisotopic (exact) mass is 175 g/mol. The highest BCUT2D eigenvalue weighted by molar-refractivity contribution is 5.31. The van der Waals surface area contributed by atoms with Crippen molar-refractivity contribution < 1.29 is 17.9 Å². The Kier molecular flexibility index (Phi) is 2.58. The van der Waals surface area contributed by atoms with Gasteiger partial charge in [-0.05, 0) is 30.7 Å². The van der Waals surface area contributed by atoms with Gasteiger partial charge >= 0.3 is 6.61 Å². The minimum absolute atomic E-state index is 0.0353. The van der Waals surface area contributed by atoms with Crippen molar-refractivity contribution in [2.75, 3.05) is 0 Å². The molecule has 0 aliphatic rings. The van der Waals surface area contributed by atoms with E-state index in [4.69, 9.17) is 0 Å². The van der Waals surface area contributed by atoms with Crippen LogP contribution in [0.4, 0.5) is 13.2 Å². The van der Waals surface area contributed by atoms with Gasteiger partial charge in [0, 0.05) is 0 Å². The molecule has 0 aliphatic carbocycles. The number of hydrogen-bond acceptors (Lipinski definition) is 1. The van der Waals surface area contributed by atoms with Gasteiger partial charge in [-0.25, -0.2) is 4.39 Å². The average molecular weight is 175 g/mol. The summed E-state index contributed by atoms with van der Waals surface area (Å²) < 4.78 is 39.8. The van der Waals surface area contributed by atoms with Gasteiger partial charge in [-0.2, -0.15) is 8.78 Å². The molecule has 0 saturated heterocycles. The molecule has 0 heterocycles. The number of hydrogen-bond donors (Lipinski definition) is 0. The molecule has 0 aliphatic heterocycles. The van der Waals surface area contributed by atoms with Gasteiger partial charge in [-0.15, -0.1) is 0 Å². The molecule has 1 radical (unpaired) electrons. The smallest absolute Gasteiger partial charge is 0.387 e. The third-order valence-electron chi connectivity index (χ3n) is 1.24. The van der Waals surface area contributed by atoms with E-state index in [2.05, 4.69) is 11.7 Å².